The van der Waals surface area contributed by atoms with E-state index in [1.165, 1.54) is 11.8 Å². The lowest BCUT2D eigenvalue weighted by Gasteiger charge is -2.07. The van der Waals surface area contributed by atoms with Gasteiger partial charge in [-0.2, -0.15) is 15.1 Å². The molecule has 1 saturated carbocycles. The molecule has 1 fully saturated rings. The summed E-state index contributed by atoms with van der Waals surface area (Å²) < 4.78 is 0. The highest BCUT2D eigenvalue weighted by Gasteiger charge is 2.23. The molecule has 0 atom stereocenters. The largest absolute Gasteiger partial charge is 0.349 e. The van der Waals surface area contributed by atoms with Crippen molar-refractivity contribution in [2.45, 2.75) is 49.2 Å². The van der Waals surface area contributed by atoms with Crippen LogP contribution in [0.3, 0.4) is 0 Å². The summed E-state index contributed by atoms with van der Waals surface area (Å²) in [5.41, 5.74) is 1.62. The van der Waals surface area contributed by atoms with Crippen molar-refractivity contribution in [2.24, 2.45) is 0 Å². The van der Waals surface area contributed by atoms with E-state index < -0.39 is 0 Å². The number of aromatic amines is 1. The van der Waals surface area contributed by atoms with E-state index in [-0.39, 0.29) is 5.91 Å². The summed E-state index contributed by atoms with van der Waals surface area (Å²) >= 11 is 1.43. The fraction of sp³-hybridized carbons (Fsp3) is 0.316. The van der Waals surface area contributed by atoms with Crippen LogP contribution in [-0.2, 0) is 6.42 Å². The summed E-state index contributed by atoms with van der Waals surface area (Å²) in [6.07, 6.45) is 2.85. The predicted octanol–water partition coefficient (Wildman–Crippen LogP) is 3.25. The van der Waals surface area contributed by atoms with E-state index in [1.54, 1.807) is 0 Å². The third kappa shape index (κ3) is 4.66. The van der Waals surface area contributed by atoms with Crippen LogP contribution in [-0.4, -0.2) is 37.1 Å². The molecule has 0 saturated heterocycles. The van der Waals surface area contributed by atoms with Gasteiger partial charge in [0, 0.05) is 34.7 Å². The maximum absolute atomic E-state index is 12.1. The molecule has 1 aromatic carbocycles. The fourth-order valence-electron chi connectivity index (χ4n) is 2.53. The summed E-state index contributed by atoms with van der Waals surface area (Å²) in [4.78, 5) is 26.4. The SMILES string of the molecule is CCc1nc(Nc2cc(C)[nH]n2)nc(Sc2ccc(C(=O)NC3CC3)cc2)n1. The van der Waals surface area contributed by atoms with Crippen LogP contribution in [0.1, 0.15) is 41.6 Å². The second-order valence-electron chi connectivity index (χ2n) is 6.65. The normalized spacial score (nSPS) is 13.4. The average molecular weight is 395 g/mol. The molecular formula is C19H21N7OS. The second kappa shape index (κ2) is 7.97. The number of hydrogen-bond donors (Lipinski definition) is 3. The van der Waals surface area contributed by atoms with Gasteiger partial charge in [0.2, 0.25) is 5.95 Å². The van der Waals surface area contributed by atoms with Gasteiger partial charge in [-0.05, 0) is 55.8 Å². The first-order valence-electron chi connectivity index (χ1n) is 9.22. The molecule has 0 unspecified atom stereocenters. The monoisotopic (exact) mass is 395 g/mol. The highest BCUT2D eigenvalue weighted by Crippen LogP contribution is 2.26. The molecule has 9 heteroatoms. The van der Waals surface area contributed by atoms with E-state index in [1.807, 2.05) is 44.2 Å². The predicted molar refractivity (Wildman–Crippen MR) is 107 cm³/mol. The topological polar surface area (TPSA) is 108 Å². The molecule has 4 rings (SSSR count). The summed E-state index contributed by atoms with van der Waals surface area (Å²) in [5.74, 6) is 1.80. The van der Waals surface area contributed by atoms with E-state index >= 15 is 0 Å². The van der Waals surface area contributed by atoms with Crippen molar-refractivity contribution in [3.05, 3.63) is 47.4 Å². The van der Waals surface area contributed by atoms with Gasteiger partial charge in [-0.25, -0.2) is 4.98 Å². The van der Waals surface area contributed by atoms with Crippen molar-refractivity contribution in [3.8, 4) is 0 Å². The third-order valence-electron chi connectivity index (χ3n) is 4.16. The molecular weight excluding hydrogens is 374 g/mol. The van der Waals surface area contributed by atoms with Gasteiger partial charge in [0.15, 0.2) is 11.0 Å². The molecule has 0 spiro atoms. The van der Waals surface area contributed by atoms with Gasteiger partial charge in [0.1, 0.15) is 5.82 Å². The lowest BCUT2D eigenvalue weighted by atomic mass is 10.2. The minimum atomic E-state index is -0.0201. The van der Waals surface area contributed by atoms with Crippen LogP contribution in [0.15, 0.2) is 40.4 Å². The molecule has 1 aliphatic rings. The maximum Gasteiger partial charge on any atom is 0.251 e. The van der Waals surface area contributed by atoms with E-state index in [9.17, 15) is 4.79 Å². The molecule has 0 aliphatic heterocycles. The average Bonchev–Trinajstić information content (AvgIpc) is 3.41. The summed E-state index contributed by atoms with van der Waals surface area (Å²) in [6, 6.07) is 9.70. The van der Waals surface area contributed by atoms with Crippen molar-refractivity contribution >= 4 is 29.4 Å². The minimum absolute atomic E-state index is 0.0201. The van der Waals surface area contributed by atoms with E-state index in [4.69, 9.17) is 0 Å². The van der Waals surface area contributed by atoms with Crippen LogP contribution < -0.4 is 10.6 Å². The van der Waals surface area contributed by atoms with Crippen molar-refractivity contribution in [1.82, 2.24) is 30.5 Å². The summed E-state index contributed by atoms with van der Waals surface area (Å²) in [7, 11) is 0. The zero-order chi connectivity index (χ0) is 19.5. The van der Waals surface area contributed by atoms with Crippen LogP contribution in [0.2, 0.25) is 0 Å². The number of amides is 1. The number of aryl methyl sites for hydroxylation is 2. The van der Waals surface area contributed by atoms with Crippen LogP contribution in [0, 0.1) is 6.92 Å². The molecule has 0 radical (unpaired) electrons. The lowest BCUT2D eigenvalue weighted by Crippen LogP contribution is -2.25. The highest BCUT2D eigenvalue weighted by atomic mass is 32.2. The van der Waals surface area contributed by atoms with Crippen LogP contribution in [0.5, 0.6) is 0 Å². The number of nitrogens with zero attached hydrogens (tertiary/aromatic N) is 4. The smallest absolute Gasteiger partial charge is 0.251 e. The van der Waals surface area contributed by atoms with Crippen molar-refractivity contribution in [1.29, 1.82) is 0 Å². The number of hydrogen-bond acceptors (Lipinski definition) is 7. The first-order valence-corrected chi connectivity index (χ1v) is 10.0. The molecule has 3 N–H and O–H groups in total. The van der Waals surface area contributed by atoms with Gasteiger partial charge < -0.3 is 10.6 Å². The van der Waals surface area contributed by atoms with Gasteiger partial charge in [-0.1, -0.05) is 6.92 Å². The Morgan fingerprint density at radius 3 is 2.64 bits per heavy atom. The number of rotatable bonds is 7. The van der Waals surface area contributed by atoms with E-state index in [0.29, 0.717) is 40.8 Å². The Kier molecular flexibility index (Phi) is 5.25. The van der Waals surface area contributed by atoms with E-state index in [2.05, 4.69) is 35.8 Å². The van der Waals surface area contributed by atoms with Gasteiger partial charge in [0.25, 0.3) is 5.91 Å². The Bertz CT molecular complexity index is 982. The zero-order valence-electron chi connectivity index (χ0n) is 15.7. The van der Waals surface area contributed by atoms with E-state index in [0.717, 1.165) is 23.4 Å². The van der Waals surface area contributed by atoms with Crippen LogP contribution >= 0.6 is 11.8 Å². The lowest BCUT2D eigenvalue weighted by molar-refractivity contribution is 0.0951. The third-order valence-corrected chi connectivity index (χ3v) is 5.03. The van der Waals surface area contributed by atoms with Gasteiger partial charge in [-0.3, -0.25) is 9.89 Å². The molecule has 2 aromatic heterocycles. The molecule has 1 amide bonds. The standard InChI is InChI=1S/C19H21N7OS/c1-3-15-21-18(22-16-10-11(2)25-26-16)24-19(23-15)28-14-8-4-12(5-9-14)17(27)20-13-6-7-13/h4-5,8-10,13H,3,6-7H2,1-2H3,(H,20,27)(H2,21,22,23,24,25,26). The van der Waals surface area contributed by atoms with Crippen molar-refractivity contribution in [2.75, 3.05) is 5.32 Å². The number of benzene rings is 1. The Labute approximate surface area is 167 Å². The molecule has 2 heterocycles. The number of nitrogens with one attached hydrogen (secondary N) is 3. The Balaban J connectivity index is 1.48. The molecule has 1 aliphatic carbocycles. The molecule has 3 aromatic rings. The minimum Gasteiger partial charge on any atom is -0.349 e. The Morgan fingerprint density at radius 2 is 2.00 bits per heavy atom. The molecule has 0 bridgehead atoms. The van der Waals surface area contributed by atoms with Gasteiger partial charge in [-0.15, -0.1) is 0 Å². The summed E-state index contributed by atoms with van der Waals surface area (Å²) in [6.45, 7) is 3.93. The van der Waals surface area contributed by atoms with Crippen LogP contribution in [0.25, 0.3) is 0 Å². The summed E-state index contributed by atoms with van der Waals surface area (Å²) in [5, 5.41) is 13.7. The Hall–Kier alpha value is -2.94. The first kappa shape index (κ1) is 18.4. The van der Waals surface area contributed by atoms with Gasteiger partial charge in [0.05, 0.1) is 0 Å². The second-order valence-corrected chi connectivity index (χ2v) is 7.69. The van der Waals surface area contributed by atoms with Crippen molar-refractivity contribution in [3.63, 3.8) is 0 Å². The van der Waals surface area contributed by atoms with Gasteiger partial charge >= 0.3 is 0 Å². The van der Waals surface area contributed by atoms with Crippen LogP contribution in [0.4, 0.5) is 11.8 Å². The number of aromatic nitrogens is 5. The number of carbonyl (C=O) groups excluding carboxylic acids is 1. The number of carbonyl (C=O) groups is 1. The molecule has 144 valence electrons. The van der Waals surface area contributed by atoms with Crippen molar-refractivity contribution < 1.29 is 4.79 Å². The number of anilines is 2. The maximum atomic E-state index is 12.1. The first-order chi connectivity index (χ1) is 13.6. The highest BCUT2D eigenvalue weighted by molar-refractivity contribution is 7.99. The number of H-pyrrole nitrogens is 1. The fourth-order valence-corrected chi connectivity index (χ4v) is 3.30. The Morgan fingerprint density at radius 1 is 1.21 bits per heavy atom. The molecule has 28 heavy (non-hydrogen) atoms. The zero-order valence-corrected chi connectivity index (χ0v) is 16.5. The molecule has 8 nitrogen and oxygen atoms in total. The quantitative estimate of drug-likeness (QED) is 0.563.